The normalized spacial score (nSPS) is 16.4. The minimum Gasteiger partial charge on any atom is -0.368 e. The molecule has 1 amide bonds. The fourth-order valence-corrected chi connectivity index (χ4v) is 4.48. The Balaban J connectivity index is 1.94. The Labute approximate surface area is 169 Å². The molecule has 0 saturated carbocycles. The van der Waals surface area contributed by atoms with Crippen LogP contribution in [0.4, 0.5) is 0 Å². The van der Waals surface area contributed by atoms with Crippen LogP contribution in [0.1, 0.15) is 15.9 Å². The lowest BCUT2D eigenvalue weighted by Gasteiger charge is -2.34. The van der Waals surface area contributed by atoms with Crippen LogP contribution in [0.2, 0.25) is 0 Å². The number of nitrogens with zero attached hydrogens (tertiary/aromatic N) is 1. The first-order chi connectivity index (χ1) is 13.8. The molecule has 150 valence electrons. The van der Waals surface area contributed by atoms with E-state index in [-0.39, 0.29) is 22.9 Å². The van der Waals surface area contributed by atoms with Crippen LogP contribution in [-0.2, 0) is 14.8 Å². The van der Waals surface area contributed by atoms with Crippen LogP contribution in [0.15, 0.2) is 83.4 Å². The first-order valence-corrected chi connectivity index (χ1v) is 10.4. The monoisotopic (exact) mass is 411 g/mol. The van der Waals surface area contributed by atoms with E-state index in [1.807, 2.05) is 0 Å². The fraction of sp³-hybridized carbons (Fsp3) is 0.143. The molecule has 0 radical (unpaired) electrons. The van der Waals surface area contributed by atoms with E-state index in [0.717, 1.165) is 0 Å². The molecule has 1 unspecified atom stereocenters. The molecule has 29 heavy (non-hydrogen) atoms. The zero-order valence-electron chi connectivity index (χ0n) is 15.8. The third-order valence-corrected chi connectivity index (χ3v) is 6.04. The Morgan fingerprint density at radius 3 is 2.38 bits per heavy atom. The molecular formula is C21H21N3O4S. The number of primary amides is 1. The Hall–Kier alpha value is -3.23. The van der Waals surface area contributed by atoms with Crippen molar-refractivity contribution in [2.45, 2.75) is 18.0 Å². The van der Waals surface area contributed by atoms with Crippen LogP contribution >= 0.6 is 0 Å². The summed E-state index contributed by atoms with van der Waals surface area (Å²) >= 11 is 0. The summed E-state index contributed by atoms with van der Waals surface area (Å²) in [5, 5.41) is 0. The smallest absolute Gasteiger partial charge is 0.242 e. The van der Waals surface area contributed by atoms with Gasteiger partial charge < -0.3 is 10.6 Å². The lowest BCUT2D eigenvalue weighted by atomic mass is 10.0. The number of sulfonamides is 1. The van der Waals surface area contributed by atoms with Crippen molar-refractivity contribution in [2.75, 3.05) is 6.54 Å². The van der Waals surface area contributed by atoms with Crippen molar-refractivity contribution in [3.63, 3.8) is 0 Å². The number of nitrogens with one attached hydrogen (secondary N) is 1. The van der Waals surface area contributed by atoms with E-state index < -0.39 is 22.1 Å². The third-order valence-electron chi connectivity index (χ3n) is 4.45. The second-order valence-corrected chi connectivity index (χ2v) is 8.24. The minimum absolute atomic E-state index is 0.123. The molecule has 0 saturated heterocycles. The number of Topliss-reactive ketones (excluding diaryl/α,β-unsaturated/α-hetero) is 1. The van der Waals surface area contributed by atoms with E-state index in [0.29, 0.717) is 11.1 Å². The molecule has 1 aliphatic rings. The molecule has 1 atom stereocenters. The number of carbonyl (C=O) groups excluding carboxylic acids is 2. The van der Waals surface area contributed by atoms with E-state index in [2.05, 4.69) is 4.72 Å². The maximum absolute atomic E-state index is 13.0. The van der Waals surface area contributed by atoms with Crippen molar-refractivity contribution in [1.29, 1.82) is 0 Å². The van der Waals surface area contributed by atoms with Crippen molar-refractivity contribution in [3.05, 3.63) is 89.6 Å². The van der Waals surface area contributed by atoms with E-state index in [1.165, 1.54) is 17.0 Å². The molecule has 1 heterocycles. The summed E-state index contributed by atoms with van der Waals surface area (Å²) in [6.45, 7) is 1.37. The highest BCUT2D eigenvalue weighted by molar-refractivity contribution is 7.89. The molecular weight excluding hydrogens is 390 g/mol. The van der Waals surface area contributed by atoms with Crippen LogP contribution in [0.5, 0.6) is 0 Å². The number of nitrogens with two attached hydrogens (primary N) is 1. The molecule has 3 rings (SSSR count). The van der Waals surface area contributed by atoms with Crippen LogP contribution in [0.3, 0.4) is 0 Å². The van der Waals surface area contributed by atoms with Gasteiger partial charge >= 0.3 is 0 Å². The summed E-state index contributed by atoms with van der Waals surface area (Å²) in [5.74, 6) is -1.02. The average Bonchev–Trinajstić information content (AvgIpc) is 2.69. The van der Waals surface area contributed by atoms with Gasteiger partial charge in [0.25, 0.3) is 0 Å². The molecule has 2 aromatic carbocycles. The second kappa shape index (κ2) is 8.42. The Morgan fingerprint density at radius 1 is 1.07 bits per heavy atom. The molecule has 0 aromatic heterocycles. The molecule has 0 spiro atoms. The number of aryl methyl sites for hydroxylation is 1. The van der Waals surface area contributed by atoms with E-state index in [9.17, 15) is 18.0 Å². The summed E-state index contributed by atoms with van der Waals surface area (Å²) in [7, 11) is -3.91. The Morgan fingerprint density at radius 2 is 1.72 bits per heavy atom. The molecule has 2 aromatic rings. The molecule has 8 heteroatoms. The molecule has 0 bridgehead atoms. The zero-order valence-corrected chi connectivity index (χ0v) is 16.6. The van der Waals surface area contributed by atoms with Gasteiger partial charge in [0.15, 0.2) is 0 Å². The number of hydrogen-bond acceptors (Lipinski definition) is 5. The number of rotatable bonds is 7. The van der Waals surface area contributed by atoms with Crippen LogP contribution < -0.4 is 10.5 Å². The van der Waals surface area contributed by atoms with Gasteiger partial charge in [-0.15, -0.1) is 0 Å². The van der Waals surface area contributed by atoms with Crippen molar-refractivity contribution in [1.82, 2.24) is 9.62 Å². The standard InChI is InChI=1S/C21H21N3O4S/c1-15-8-5-6-12-18(15)29(27,28)23-20-13-7-11-17(24(20)14-19(22)25)21(26)16-9-3-2-4-10-16/h2-13,20,23H,14H2,1H3,(H2,22,25). The summed E-state index contributed by atoms with van der Waals surface area (Å²) in [6, 6.07) is 15.1. The predicted molar refractivity (Wildman–Crippen MR) is 109 cm³/mol. The first-order valence-electron chi connectivity index (χ1n) is 8.91. The SMILES string of the molecule is Cc1ccccc1S(=O)(=O)NC1C=CC=C(C(=O)c2ccccc2)N1CC(N)=O. The van der Waals surface area contributed by atoms with E-state index in [1.54, 1.807) is 67.6 Å². The maximum Gasteiger partial charge on any atom is 0.242 e. The Bertz CT molecular complexity index is 1090. The molecule has 0 aliphatic carbocycles. The van der Waals surface area contributed by atoms with E-state index in [4.69, 9.17) is 5.73 Å². The van der Waals surface area contributed by atoms with Crippen molar-refractivity contribution < 1.29 is 18.0 Å². The van der Waals surface area contributed by atoms with Gasteiger partial charge in [0.2, 0.25) is 21.7 Å². The predicted octanol–water partition coefficient (Wildman–Crippen LogP) is 1.72. The summed E-state index contributed by atoms with van der Waals surface area (Å²) < 4.78 is 28.4. The summed E-state index contributed by atoms with van der Waals surface area (Å²) in [4.78, 5) is 26.1. The van der Waals surface area contributed by atoms with Gasteiger partial charge in [-0.3, -0.25) is 9.59 Å². The zero-order chi connectivity index (χ0) is 21.0. The molecule has 1 aliphatic heterocycles. The van der Waals surface area contributed by atoms with Gasteiger partial charge in [0.1, 0.15) is 6.17 Å². The molecule has 3 N–H and O–H groups in total. The van der Waals surface area contributed by atoms with Crippen LogP contribution in [-0.4, -0.2) is 37.7 Å². The highest BCUT2D eigenvalue weighted by Crippen LogP contribution is 2.22. The number of allylic oxidation sites excluding steroid dienone is 3. The van der Waals surface area contributed by atoms with E-state index >= 15 is 0 Å². The first kappa shape index (κ1) is 20.5. The Kier molecular flexibility index (Phi) is 5.95. The largest absolute Gasteiger partial charge is 0.368 e. The van der Waals surface area contributed by atoms with Gasteiger partial charge in [0.05, 0.1) is 17.1 Å². The maximum atomic E-state index is 13.0. The highest BCUT2D eigenvalue weighted by Gasteiger charge is 2.31. The van der Waals surface area contributed by atoms with Gasteiger partial charge in [-0.25, -0.2) is 8.42 Å². The number of amides is 1. The number of ketones is 1. The van der Waals surface area contributed by atoms with Crippen LogP contribution in [0.25, 0.3) is 0 Å². The van der Waals surface area contributed by atoms with Crippen LogP contribution in [0, 0.1) is 6.92 Å². The number of benzene rings is 2. The van der Waals surface area contributed by atoms with Gasteiger partial charge in [0, 0.05) is 5.56 Å². The van der Waals surface area contributed by atoms with Gasteiger partial charge in [-0.2, -0.15) is 4.72 Å². The number of hydrogen-bond donors (Lipinski definition) is 2. The van der Waals surface area contributed by atoms with Crippen molar-refractivity contribution in [3.8, 4) is 0 Å². The topological polar surface area (TPSA) is 110 Å². The summed E-state index contributed by atoms with van der Waals surface area (Å²) in [6.07, 6.45) is 3.73. The minimum atomic E-state index is -3.91. The van der Waals surface area contributed by atoms with Crippen molar-refractivity contribution >= 4 is 21.7 Å². The van der Waals surface area contributed by atoms with Crippen molar-refractivity contribution in [2.24, 2.45) is 5.73 Å². The lowest BCUT2D eigenvalue weighted by molar-refractivity contribution is -0.119. The number of carbonyl (C=O) groups is 2. The third kappa shape index (κ3) is 4.61. The fourth-order valence-electron chi connectivity index (χ4n) is 3.08. The van der Waals surface area contributed by atoms with Gasteiger partial charge in [-0.05, 0) is 30.7 Å². The second-order valence-electron chi connectivity index (χ2n) is 6.56. The highest BCUT2D eigenvalue weighted by atomic mass is 32.2. The lowest BCUT2D eigenvalue weighted by Crippen LogP contribution is -2.51. The van der Waals surface area contributed by atoms with Gasteiger partial charge in [-0.1, -0.05) is 54.6 Å². The molecule has 0 fully saturated rings. The summed E-state index contributed by atoms with van der Waals surface area (Å²) in [5.41, 5.74) is 6.54. The average molecular weight is 411 g/mol. The molecule has 7 nitrogen and oxygen atoms in total. The quantitative estimate of drug-likeness (QED) is 0.674.